The van der Waals surface area contributed by atoms with E-state index in [9.17, 15) is 8.78 Å². The van der Waals surface area contributed by atoms with Gasteiger partial charge in [-0.15, -0.1) is 0 Å². The van der Waals surface area contributed by atoms with E-state index < -0.39 is 13.3 Å². The Morgan fingerprint density at radius 2 is 1.55 bits per heavy atom. The Bertz CT molecular complexity index is 89.6. The molecule has 0 aliphatic carbocycles. The van der Waals surface area contributed by atoms with Crippen molar-refractivity contribution in [3.05, 3.63) is 0 Å². The summed E-state index contributed by atoms with van der Waals surface area (Å²) in [5.41, 5.74) is 0. The van der Waals surface area contributed by atoms with Crippen molar-refractivity contribution in [1.82, 2.24) is 0 Å². The fraction of sp³-hybridized carbons (Fsp3) is 1.00. The van der Waals surface area contributed by atoms with Crippen LogP contribution < -0.4 is 0 Å². The predicted octanol–water partition coefficient (Wildman–Crippen LogP) is 3.22. The molecule has 0 rings (SSSR count). The molecule has 2 atom stereocenters. The highest BCUT2D eigenvalue weighted by molar-refractivity contribution is 4.69. The third-order valence-corrected chi connectivity index (χ3v) is 2.68. The SMILES string of the molecule is CCC(C)C(C)C(CF)CF. The average molecular weight is 164 g/mol. The summed E-state index contributed by atoms with van der Waals surface area (Å²) in [5, 5.41) is 0. The standard InChI is InChI=1S/C9H18F2/c1-4-7(2)8(3)9(5-10)6-11/h7-9H,4-6H2,1-3H3. The summed E-state index contributed by atoms with van der Waals surface area (Å²) >= 11 is 0. The molecule has 0 bridgehead atoms. The monoisotopic (exact) mass is 164 g/mol. The second kappa shape index (κ2) is 5.50. The second-order valence-electron chi connectivity index (χ2n) is 3.31. The van der Waals surface area contributed by atoms with Gasteiger partial charge in [-0.3, -0.25) is 8.78 Å². The highest BCUT2D eigenvalue weighted by Crippen LogP contribution is 2.23. The fourth-order valence-electron chi connectivity index (χ4n) is 1.16. The molecule has 0 fully saturated rings. The van der Waals surface area contributed by atoms with Crippen LogP contribution in [-0.2, 0) is 0 Å². The lowest BCUT2D eigenvalue weighted by molar-refractivity contribution is 0.173. The van der Waals surface area contributed by atoms with Gasteiger partial charge in [0.2, 0.25) is 0 Å². The molecule has 0 aromatic heterocycles. The van der Waals surface area contributed by atoms with E-state index in [1.807, 2.05) is 13.8 Å². The maximum absolute atomic E-state index is 12.2. The van der Waals surface area contributed by atoms with Crippen LogP contribution in [0.15, 0.2) is 0 Å². The van der Waals surface area contributed by atoms with Gasteiger partial charge in [0.25, 0.3) is 0 Å². The van der Waals surface area contributed by atoms with Crippen LogP contribution in [0.3, 0.4) is 0 Å². The van der Waals surface area contributed by atoms with Gasteiger partial charge in [-0.1, -0.05) is 27.2 Å². The fourth-order valence-corrected chi connectivity index (χ4v) is 1.16. The highest BCUT2D eigenvalue weighted by atomic mass is 19.1. The van der Waals surface area contributed by atoms with Crippen molar-refractivity contribution in [2.24, 2.45) is 17.8 Å². The maximum Gasteiger partial charge on any atom is 0.0950 e. The quantitative estimate of drug-likeness (QED) is 0.585. The van der Waals surface area contributed by atoms with Crippen molar-refractivity contribution >= 4 is 0 Å². The molecule has 0 heterocycles. The van der Waals surface area contributed by atoms with Crippen LogP contribution in [0.2, 0.25) is 0 Å². The van der Waals surface area contributed by atoms with Crippen molar-refractivity contribution in [2.45, 2.75) is 27.2 Å². The molecule has 2 unspecified atom stereocenters. The zero-order valence-electron chi connectivity index (χ0n) is 7.61. The molecule has 0 N–H and O–H groups in total. The first-order valence-electron chi connectivity index (χ1n) is 4.29. The van der Waals surface area contributed by atoms with Gasteiger partial charge in [-0.2, -0.15) is 0 Å². The van der Waals surface area contributed by atoms with E-state index in [1.165, 1.54) is 0 Å². The van der Waals surface area contributed by atoms with E-state index >= 15 is 0 Å². The minimum Gasteiger partial charge on any atom is -0.251 e. The summed E-state index contributed by atoms with van der Waals surface area (Å²) in [4.78, 5) is 0. The first-order valence-corrected chi connectivity index (χ1v) is 4.29. The number of halogens is 2. The Morgan fingerprint density at radius 3 is 1.82 bits per heavy atom. The summed E-state index contributed by atoms with van der Waals surface area (Å²) < 4.78 is 24.3. The molecule has 11 heavy (non-hydrogen) atoms. The van der Waals surface area contributed by atoms with Gasteiger partial charge < -0.3 is 0 Å². The molecular formula is C9H18F2. The van der Waals surface area contributed by atoms with Crippen molar-refractivity contribution in [3.63, 3.8) is 0 Å². The molecule has 0 radical (unpaired) electrons. The van der Waals surface area contributed by atoms with Gasteiger partial charge in [0, 0.05) is 5.92 Å². The van der Waals surface area contributed by atoms with E-state index in [4.69, 9.17) is 0 Å². The molecule has 0 spiro atoms. The van der Waals surface area contributed by atoms with Crippen molar-refractivity contribution in [2.75, 3.05) is 13.3 Å². The first kappa shape index (κ1) is 10.9. The van der Waals surface area contributed by atoms with Gasteiger partial charge in [-0.05, 0) is 11.8 Å². The first-order chi connectivity index (χ1) is 5.17. The molecule has 0 aromatic carbocycles. The largest absolute Gasteiger partial charge is 0.251 e. The summed E-state index contributed by atoms with van der Waals surface area (Å²) in [7, 11) is 0. The lowest BCUT2D eigenvalue weighted by Gasteiger charge is -2.23. The van der Waals surface area contributed by atoms with Gasteiger partial charge >= 0.3 is 0 Å². The number of alkyl halides is 2. The van der Waals surface area contributed by atoms with Crippen LogP contribution >= 0.6 is 0 Å². The molecular weight excluding hydrogens is 146 g/mol. The van der Waals surface area contributed by atoms with Crippen molar-refractivity contribution in [3.8, 4) is 0 Å². The van der Waals surface area contributed by atoms with Crippen LogP contribution in [0, 0.1) is 17.8 Å². The second-order valence-corrected chi connectivity index (χ2v) is 3.31. The van der Waals surface area contributed by atoms with E-state index in [0.29, 0.717) is 5.92 Å². The minimum atomic E-state index is -0.526. The molecule has 0 saturated carbocycles. The lowest BCUT2D eigenvalue weighted by atomic mass is 9.84. The predicted molar refractivity (Wildman–Crippen MR) is 44.1 cm³/mol. The molecule has 0 aliphatic rings. The molecule has 2 heteroatoms. The van der Waals surface area contributed by atoms with E-state index in [0.717, 1.165) is 6.42 Å². The third-order valence-electron chi connectivity index (χ3n) is 2.68. The Balaban J connectivity index is 3.86. The summed E-state index contributed by atoms with van der Waals surface area (Å²) in [5.74, 6) is 0.200. The van der Waals surface area contributed by atoms with Crippen molar-refractivity contribution in [1.29, 1.82) is 0 Å². The third kappa shape index (κ3) is 3.17. The Labute approximate surface area is 68.0 Å². The lowest BCUT2D eigenvalue weighted by Crippen LogP contribution is -2.21. The van der Waals surface area contributed by atoms with Crippen LogP contribution in [0.1, 0.15) is 27.2 Å². The van der Waals surface area contributed by atoms with Gasteiger partial charge in [0.05, 0.1) is 13.3 Å². The Morgan fingerprint density at radius 1 is 1.09 bits per heavy atom. The van der Waals surface area contributed by atoms with Gasteiger partial charge in [-0.25, -0.2) is 0 Å². The zero-order chi connectivity index (χ0) is 8.85. The van der Waals surface area contributed by atoms with Crippen molar-refractivity contribution < 1.29 is 8.78 Å². The molecule has 0 aliphatic heterocycles. The number of hydrogen-bond acceptors (Lipinski definition) is 0. The van der Waals surface area contributed by atoms with E-state index in [2.05, 4.69) is 6.92 Å². The molecule has 0 nitrogen and oxygen atoms in total. The molecule has 0 saturated heterocycles. The average Bonchev–Trinajstić information content (AvgIpc) is 2.05. The molecule has 0 amide bonds. The Kier molecular flexibility index (Phi) is 5.43. The van der Waals surface area contributed by atoms with Crippen LogP contribution in [0.5, 0.6) is 0 Å². The molecule has 68 valence electrons. The summed E-state index contributed by atoms with van der Waals surface area (Å²) in [6.45, 7) is 4.97. The van der Waals surface area contributed by atoms with Crippen LogP contribution in [0.25, 0.3) is 0 Å². The molecule has 0 aromatic rings. The topological polar surface area (TPSA) is 0 Å². The zero-order valence-corrected chi connectivity index (χ0v) is 7.61. The smallest absolute Gasteiger partial charge is 0.0950 e. The number of rotatable bonds is 5. The van der Waals surface area contributed by atoms with Crippen LogP contribution in [0.4, 0.5) is 8.78 Å². The normalized spacial score (nSPS) is 16.9. The summed E-state index contributed by atoms with van der Waals surface area (Å²) in [6, 6.07) is 0. The maximum atomic E-state index is 12.2. The number of hydrogen-bond donors (Lipinski definition) is 0. The Hall–Kier alpha value is -0.140. The van der Waals surface area contributed by atoms with E-state index in [1.54, 1.807) is 0 Å². The van der Waals surface area contributed by atoms with Crippen LogP contribution in [-0.4, -0.2) is 13.3 Å². The summed E-state index contributed by atoms with van der Waals surface area (Å²) in [6.07, 6.45) is 0.998. The van der Waals surface area contributed by atoms with Gasteiger partial charge in [0.15, 0.2) is 0 Å². The highest BCUT2D eigenvalue weighted by Gasteiger charge is 2.21. The van der Waals surface area contributed by atoms with E-state index in [-0.39, 0.29) is 11.8 Å². The minimum absolute atomic E-state index is 0.162. The van der Waals surface area contributed by atoms with Gasteiger partial charge in [0.1, 0.15) is 0 Å².